The summed E-state index contributed by atoms with van der Waals surface area (Å²) < 4.78 is 16.2. The number of hydrogen-bond donors (Lipinski definition) is 6. The number of unbranched alkanes of at least 4 members (excludes halogenated alkanes) is 3. The molecule has 10 rings (SSSR count). The molecule has 6 aromatic heterocycles. The molecule has 84 heavy (non-hydrogen) atoms. The first-order valence-electron chi connectivity index (χ1n) is 26.7. The van der Waals surface area contributed by atoms with Crippen molar-refractivity contribution in [3.63, 3.8) is 0 Å². The Bertz CT molecular complexity index is 4260. The van der Waals surface area contributed by atoms with Gasteiger partial charge in [-0.2, -0.15) is 0 Å². The van der Waals surface area contributed by atoms with Gasteiger partial charge in [-0.3, -0.25) is 38.4 Å². The molecule has 0 aliphatic rings. The molecule has 0 bridgehead atoms. The summed E-state index contributed by atoms with van der Waals surface area (Å²) in [5.74, 6) is -3.16. The summed E-state index contributed by atoms with van der Waals surface area (Å²) in [5, 5.41) is 24.2. The molecule has 6 N–H and O–H groups in total. The van der Waals surface area contributed by atoms with Crippen LogP contribution in [0.1, 0.15) is 68.9 Å². The highest BCUT2D eigenvalue weighted by Gasteiger charge is 2.26. The number of aliphatic carboxylic acids is 2. The van der Waals surface area contributed by atoms with Gasteiger partial charge < -0.3 is 49.1 Å². The Morgan fingerprint density at radius 1 is 0.500 bits per heavy atom. The number of rotatable bonds is 23. The Labute approximate surface area is 475 Å². The highest BCUT2D eigenvalue weighted by molar-refractivity contribution is 6.14. The van der Waals surface area contributed by atoms with Gasteiger partial charge >= 0.3 is 23.3 Å². The molecule has 0 saturated carbocycles. The van der Waals surface area contributed by atoms with E-state index in [2.05, 4.69) is 20.6 Å². The summed E-state index contributed by atoms with van der Waals surface area (Å²) in [4.78, 5) is 132. The van der Waals surface area contributed by atoms with Crippen molar-refractivity contribution in [3.8, 4) is 33.8 Å². The Hall–Kier alpha value is -10.9. The van der Waals surface area contributed by atoms with E-state index < -0.39 is 59.1 Å². The van der Waals surface area contributed by atoms with Crippen molar-refractivity contribution in [2.24, 2.45) is 0 Å². The van der Waals surface area contributed by atoms with Gasteiger partial charge in [-0.25, -0.2) is 18.7 Å². The van der Waals surface area contributed by atoms with Crippen molar-refractivity contribution >= 4 is 68.2 Å². The van der Waals surface area contributed by atoms with E-state index in [-0.39, 0.29) is 58.0 Å². The lowest BCUT2D eigenvalue weighted by atomic mass is 9.98. The van der Waals surface area contributed by atoms with Crippen LogP contribution in [0.2, 0.25) is 0 Å². The number of hydrogen-bond acceptors (Lipinski definition) is 12. The van der Waals surface area contributed by atoms with Crippen LogP contribution < -0.4 is 42.6 Å². The van der Waals surface area contributed by atoms with Gasteiger partial charge in [0, 0.05) is 47.7 Å². The number of ketones is 2. The fourth-order valence-corrected chi connectivity index (χ4v) is 10.5. The Morgan fingerprint density at radius 3 is 1.27 bits per heavy atom. The van der Waals surface area contributed by atoms with Crippen LogP contribution in [0.5, 0.6) is 11.5 Å². The number of carboxylic acids is 2. The number of carbonyl (C=O) groups excluding carboxylic acids is 4. The normalized spacial score (nSPS) is 11.3. The number of carboxylic acid groups (broad SMARTS) is 2. The van der Waals surface area contributed by atoms with E-state index in [9.17, 15) is 58.2 Å². The summed E-state index contributed by atoms with van der Waals surface area (Å²) in [6, 6.07) is 33.9. The number of carbonyl (C=O) groups is 6. The van der Waals surface area contributed by atoms with Crippen molar-refractivity contribution in [1.82, 2.24) is 38.5 Å². The fourth-order valence-electron chi connectivity index (χ4n) is 10.5. The molecule has 0 aliphatic carbocycles. The van der Waals surface area contributed by atoms with Gasteiger partial charge in [0.05, 0.1) is 44.2 Å². The second-order valence-electron chi connectivity index (χ2n) is 20.0. The fraction of sp³-hybridized carbons (Fsp3) is 0.194. The number of nitrogens with zero attached hydrogens (tertiary/aromatic N) is 4. The predicted octanol–water partition coefficient (Wildman–Crippen LogP) is 6.03. The molecule has 4 aromatic carbocycles. The summed E-state index contributed by atoms with van der Waals surface area (Å²) in [7, 11) is 0. The van der Waals surface area contributed by atoms with Crippen LogP contribution in [0, 0.1) is 13.8 Å². The lowest BCUT2D eigenvalue weighted by Gasteiger charge is -2.10. The number of aromatic amines is 2. The predicted molar refractivity (Wildman–Crippen MR) is 310 cm³/mol. The molecule has 0 spiro atoms. The maximum atomic E-state index is 14.2. The van der Waals surface area contributed by atoms with Crippen LogP contribution in [-0.2, 0) is 32.3 Å². The van der Waals surface area contributed by atoms with Crippen LogP contribution in [0.4, 0.5) is 0 Å². The third-order valence-electron chi connectivity index (χ3n) is 14.5. The van der Waals surface area contributed by atoms with Crippen molar-refractivity contribution in [2.45, 2.75) is 52.6 Å². The van der Waals surface area contributed by atoms with Gasteiger partial charge in [0.15, 0.2) is 13.2 Å². The van der Waals surface area contributed by atoms with Gasteiger partial charge in [0.1, 0.15) is 24.6 Å². The maximum Gasteiger partial charge on any atom is 0.329 e. The first-order chi connectivity index (χ1) is 40.5. The highest BCUT2D eigenvalue weighted by Crippen LogP contribution is 2.37. The highest BCUT2D eigenvalue weighted by atomic mass is 16.5. The lowest BCUT2D eigenvalue weighted by Crippen LogP contribution is -2.37. The number of fused-ring (bicyclic) bond motifs is 4. The monoisotopic (exact) mass is 1130 g/mol. The van der Waals surface area contributed by atoms with Gasteiger partial charge in [-0.05, 0) is 134 Å². The van der Waals surface area contributed by atoms with Crippen molar-refractivity contribution in [2.75, 3.05) is 26.3 Å². The molecular weight excluding hydrogens is 1080 g/mol. The molecule has 10 aromatic rings. The number of nitrogens with one attached hydrogen (secondary N) is 4. The maximum absolute atomic E-state index is 14.2. The Kier molecular flexibility index (Phi) is 16.1. The number of H-pyrrole nitrogens is 2. The molecular formula is C62H54N8O14. The SMILES string of the molecule is Cc1c(-c2ccc(OCC(=O)NCCCCCCNC(=O)COc3ccc(-c4c(C)c(C(=O)c5ccc6[nH]c(=O)n(CC(=O)O)c(=O)c6c5)n5ccccc45)cc3)cc2)c2ccccn2c1C(=O)c1ccc2[nH]c(=O)n(CC(=O)O)c(=O)c2c1. The molecule has 426 valence electrons. The summed E-state index contributed by atoms with van der Waals surface area (Å²) >= 11 is 0. The summed E-state index contributed by atoms with van der Waals surface area (Å²) in [6.45, 7) is 2.46. The minimum absolute atomic E-state index is 0.00613. The Balaban J connectivity index is 0.657. The average Bonchev–Trinajstić information content (AvgIpc) is 2.37. The van der Waals surface area contributed by atoms with Crippen molar-refractivity contribution < 1.29 is 48.5 Å². The van der Waals surface area contributed by atoms with E-state index in [0.717, 1.165) is 59.0 Å². The van der Waals surface area contributed by atoms with Crippen molar-refractivity contribution in [1.29, 1.82) is 0 Å². The van der Waals surface area contributed by atoms with E-state index in [1.54, 1.807) is 57.6 Å². The van der Waals surface area contributed by atoms with Crippen LogP contribution in [0.15, 0.2) is 153 Å². The van der Waals surface area contributed by atoms with E-state index in [1.807, 2.05) is 62.4 Å². The van der Waals surface area contributed by atoms with Crippen LogP contribution in [0.25, 0.3) is 55.1 Å². The number of benzene rings is 4. The Morgan fingerprint density at radius 2 is 0.893 bits per heavy atom. The molecule has 2 amide bonds. The summed E-state index contributed by atoms with van der Waals surface area (Å²) in [5.41, 5.74) is 3.92. The number of ether oxygens (including phenoxy) is 2. The lowest BCUT2D eigenvalue weighted by molar-refractivity contribution is -0.138. The smallest absolute Gasteiger partial charge is 0.329 e. The molecule has 6 heterocycles. The van der Waals surface area contributed by atoms with Gasteiger partial charge in [-0.15, -0.1) is 0 Å². The number of aromatic nitrogens is 6. The molecule has 0 unspecified atom stereocenters. The average molecular weight is 1140 g/mol. The van der Waals surface area contributed by atoms with Gasteiger partial charge in [0.25, 0.3) is 22.9 Å². The zero-order chi connectivity index (χ0) is 59.3. The molecule has 22 nitrogen and oxygen atoms in total. The standard InChI is InChI=1S/C62H54N8O14/c1-35-53(47-11-5-9-27-67(47)55(35)57(77)39-17-23-45-43(29-39)59(79)69(31-51(73)74)61(81)65-45)37-13-19-41(20-14-37)83-33-49(71)63-25-7-3-4-8-26-64-50(72)34-84-42-21-15-38(16-22-42)54-36(2)56(68-28-10-6-12-48(54)68)58(78)40-18-24-46-44(30-40)60(80)70(32-52(75)76)62(82)66-46/h5-6,9-24,27-30H,3-4,7-8,25-26,31-34H2,1-2H3,(H,63,71)(H,64,72)(H,65,81)(H,66,82)(H,73,74)(H,75,76). The van der Waals surface area contributed by atoms with E-state index in [0.29, 0.717) is 56.2 Å². The van der Waals surface area contributed by atoms with Crippen molar-refractivity contribution in [3.05, 3.63) is 209 Å². The molecule has 22 heteroatoms. The minimum Gasteiger partial charge on any atom is -0.484 e. The topological polar surface area (TPSA) is 304 Å². The molecule has 0 radical (unpaired) electrons. The second-order valence-corrected chi connectivity index (χ2v) is 20.0. The molecule has 0 atom stereocenters. The van der Waals surface area contributed by atoms with Crippen LogP contribution in [-0.4, -0.2) is 99.7 Å². The van der Waals surface area contributed by atoms with Gasteiger partial charge in [-0.1, -0.05) is 49.2 Å². The first-order valence-corrected chi connectivity index (χ1v) is 26.7. The minimum atomic E-state index is -1.37. The first kappa shape index (κ1) is 56.4. The molecule has 0 fully saturated rings. The molecule has 0 aliphatic heterocycles. The summed E-state index contributed by atoms with van der Waals surface area (Å²) in [6.07, 6.45) is 6.61. The zero-order valence-corrected chi connectivity index (χ0v) is 45.4. The second kappa shape index (κ2) is 24.1. The quantitative estimate of drug-likeness (QED) is 0.0315. The van der Waals surface area contributed by atoms with Crippen LogP contribution in [0.3, 0.4) is 0 Å². The largest absolute Gasteiger partial charge is 0.484 e. The van der Waals surface area contributed by atoms with E-state index >= 15 is 0 Å². The zero-order valence-electron chi connectivity index (χ0n) is 45.4. The number of amides is 2. The van der Waals surface area contributed by atoms with E-state index in [1.165, 1.54) is 36.4 Å². The third kappa shape index (κ3) is 11.5. The number of pyridine rings is 2. The van der Waals surface area contributed by atoms with Gasteiger partial charge in [0.2, 0.25) is 11.6 Å². The third-order valence-corrected chi connectivity index (χ3v) is 14.5. The van der Waals surface area contributed by atoms with Crippen LogP contribution >= 0.6 is 0 Å². The van der Waals surface area contributed by atoms with E-state index in [4.69, 9.17) is 9.47 Å². The molecule has 0 saturated heterocycles.